The minimum Gasteiger partial charge on any atom is -0.319 e. The van der Waals surface area contributed by atoms with E-state index < -0.39 is 0 Å². The van der Waals surface area contributed by atoms with Crippen molar-refractivity contribution in [2.45, 2.75) is 39.8 Å². The van der Waals surface area contributed by atoms with Gasteiger partial charge in [-0.2, -0.15) is 0 Å². The Kier molecular flexibility index (Phi) is 4.00. The minimum absolute atomic E-state index is 0.170. The molecule has 0 radical (unpaired) electrons. The van der Waals surface area contributed by atoms with Crippen molar-refractivity contribution in [1.29, 1.82) is 0 Å². The van der Waals surface area contributed by atoms with E-state index in [1.54, 1.807) is 6.33 Å². The fourth-order valence-electron chi connectivity index (χ4n) is 2.53. The van der Waals surface area contributed by atoms with Gasteiger partial charge in [-0.1, -0.05) is 23.8 Å². The summed E-state index contributed by atoms with van der Waals surface area (Å²) in [7, 11) is 1.97. The van der Waals surface area contributed by atoms with E-state index in [-0.39, 0.29) is 12.1 Å². The van der Waals surface area contributed by atoms with E-state index in [9.17, 15) is 0 Å². The number of aromatic nitrogens is 3. The molecule has 0 bridgehead atoms. The topological polar surface area (TPSA) is 42.7 Å². The maximum atomic E-state index is 4.15. The standard InChI is InChI=1S/C15H22N4/c1-10-6-7-14(11(2)8-10)12(3)17-13(4)15-18-16-9-19(15)5/h6-9,12-13,17H,1-5H3. The molecule has 0 fully saturated rings. The number of rotatable bonds is 4. The van der Waals surface area contributed by atoms with Gasteiger partial charge in [0.2, 0.25) is 0 Å². The van der Waals surface area contributed by atoms with Crippen LogP contribution in [0, 0.1) is 13.8 Å². The van der Waals surface area contributed by atoms with Crippen molar-refractivity contribution >= 4 is 0 Å². The van der Waals surface area contributed by atoms with Crippen LogP contribution in [-0.4, -0.2) is 14.8 Å². The Balaban J connectivity index is 2.13. The van der Waals surface area contributed by atoms with Crippen LogP contribution in [0.15, 0.2) is 24.5 Å². The molecule has 4 heteroatoms. The van der Waals surface area contributed by atoms with E-state index >= 15 is 0 Å². The lowest BCUT2D eigenvalue weighted by molar-refractivity contribution is 0.465. The van der Waals surface area contributed by atoms with Crippen LogP contribution in [0.3, 0.4) is 0 Å². The molecule has 0 amide bonds. The van der Waals surface area contributed by atoms with E-state index in [4.69, 9.17) is 0 Å². The molecular formula is C15H22N4. The van der Waals surface area contributed by atoms with Gasteiger partial charge >= 0.3 is 0 Å². The van der Waals surface area contributed by atoms with Crippen LogP contribution in [0.4, 0.5) is 0 Å². The van der Waals surface area contributed by atoms with Crippen molar-refractivity contribution in [1.82, 2.24) is 20.1 Å². The summed E-state index contributed by atoms with van der Waals surface area (Å²) >= 11 is 0. The van der Waals surface area contributed by atoms with E-state index in [1.807, 2.05) is 11.6 Å². The largest absolute Gasteiger partial charge is 0.319 e. The Bertz CT molecular complexity index is 559. The SMILES string of the molecule is Cc1ccc(C(C)NC(C)c2nncn2C)c(C)c1. The van der Waals surface area contributed by atoms with E-state index in [0.29, 0.717) is 0 Å². The maximum absolute atomic E-state index is 4.15. The second kappa shape index (κ2) is 5.53. The molecule has 2 rings (SSSR count). The second-order valence-corrected chi connectivity index (χ2v) is 5.27. The van der Waals surface area contributed by atoms with Crippen LogP contribution in [-0.2, 0) is 7.05 Å². The zero-order valence-corrected chi connectivity index (χ0v) is 12.3. The van der Waals surface area contributed by atoms with Crippen LogP contribution < -0.4 is 5.32 Å². The van der Waals surface area contributed by atoms with Gasteiger partial charge in [0, 0.05) is 13.1 Å². The van der Waals surface area contributed by atoms with Gasteiger partial charge in [0.25, 0.3) is 0 Å². The second-order valence-electron chi connectivity index (χ2n) is 5.27. The average molecular weight is 258 g/mol. The molecule has 0 spiro atoms. The first-order chi connectivity index (χ1) is 8.99. The zero-order chi connectivity index (χ0) is 14.0. The highest BCUT2D eigenvalue weighted by atomic mass is 15.3. The Morgan fingerprint density at radius 1 is 1.16 bits per heavy atom. The molecule has 0 aliphatic rings. The molecule has 2 aromatic rings. The molecule has 2 atom stereocenters. The zero-order valence-electron chi connectivity index (χ0n) is 12.3. The lowest BCUT2D eigenvalue weighted by atomic mass is 10.00. The maximum Gasteiger partial charge on any atom is 0.149 e. The van der Waals surface area contributed by atoms with E-state index in [0.717, 1.165) is 5.82 Å². The van der Waals surface area contributed by atoms with Gasteiger partial charge in [0.05, 0.1) is 6.04 Å². The van der Waals surface area contributed by atoms with Crippen molar-refractivity contribution in [2.75, 3.05) is 0 Å². The Labute approximate surface area is 114 Å². The monoisotopic (exact) mass is 258 g/mol. The van der Waals surface area contributed by atoms with Gasteiger partial charge in [-0.25, -0.2) is 0 Å². The minimum atomic E-state index is 0.170. The lowest BCUT2D eigenvalue weighted by Gasteiger charge is -2.21. The summed E-state index contributed by atoms with van der Waals surface area (Å²) < 4.78 is 1.95. The fourth-order valence-corrected chi connectivity index (χ4v) is 2.53. The first-order valence-electron chi connectivity index (χ1n) is 6.66. The highest BCUT2D eigenvalue weighted by Gasteiger charge is 2.16. The summed E-state index contributed by atoms with van der Waals surface area (Å²) in [6.07, 6.45) is 1.73. The third kappa shape index (κ3) is 3.01. The molecule has 19 heavy (non-hydrogen) atoms. The highest BCUT2D eigenvalue weighted by molar-refractivity contribution is 5.32. The van der Waals surface area contributed by atoms with Crippen molar-refractivity contribution in [3.05, 3.63) is 47.0 Å². The average Bonchev–Trinajstić information content (AvgIpc) is 2.75. The van der Waals surface area contributed by atoms with Crippen molar-refractivity contribution < 1.29 is 0 Å². The van der Waals surface area contributed by atoms with Crippen molar-refractivity contribution in [2.24, 2.45) is 7.05 Å². The molecule has 1 aromatic heterocycles. The normalized spacial score (nSPS) is 14.4. The third-order valence-corrected chi connectivity index (χ3v) is 3.53. The first kappa shape index (κ1) is 13.7. The number of aryl methyl sites for hydroxylation is 3. The summed E-state index contributed by atoms with van der Waals surface area (Å²) in [4.78, 5) is 0. The van der Waals surface area contributed by atoms with Crippen molar-refractivity contribution in [3.8, 4) is 0 Å². The molecule has 4 nitrogen and oxygen atoms in total. The van der Waals surface area contributed by atoms with Gasteiger partial charge < -0.3 is 9.88 Å². The van der Waals surface area contributed by atoms with Gasteiger partial charge in [-0.15, -0.1) is 10.2 Å². The Hall–Kier alpha value is -1.68. The lowest BCUT2D eigenvalue weighted by Crippen LogP contribution is -2.25. The van der Waals surface area contributed by atoms with Gasteiger partial charge in [-0.05, 0) is 38.8 Å². The molecule has 0 saturated carbocycles. The number of hydrogen-bond acceptors (Lipinski definition) is 3. The van der Waals surface area contributed by atoms with Crippen LogP contribution >= 0.6 is 0 Å². The number of nitrogens with zero attached hydrogens (tertiary/aromatic N) is 3. The molecule has 0 aliphatic carbocycles. The summed E-state index contributed by atoms with van der Waals surface area (Å²) in [5, 5.41) is 11.7. The highest BCUT2D eigenvalue weighted by Crippen LogP contribution is 2.21. The predicted octanol–water partition coefficient (Wildman–Crippen LogP) is 2.84. The van der Waals surface area contributed by atoms with E-state index in [2.05, 4.69) is 61.4 Å². The Morgan fingerprint density at radius 2 is 1.89 bits per heavy atom. The van der Waals surface area contributed by atoms with E-state index in [1.165, 1.54) is 16.7 Å². The molecule has 0 aliphatic heterocycles. The molecule has 1 aromatic carbocycles. The van der Waals surface area contributed by atoms with Gasteiger partial charge in [0.15, 0.2) is 0 Å². The van der Waals surface area contributed by atoms with Crippen LogP contribution in [0.2, 0.25) is 0 Å². The molecular weight excluding hydrogens is 236 g/mol. The smallest absolute Gasteiger partial charge is 0.149 e. The summed E-state index contributed by atoms with van der Waals surface area (Å²) in [5.41, 5.74) is 3.96. The fraction of sp³-hybridized carbons (Fsp3) is 0.467. The number of benzene rings is 1. The quantitative estimate of drug-likeness (QED) is 0.917. The summed E-state index contributed by atoms with van der Waals surface area (Å²) in [6.45, 7) is 8.58. The van der Waals surface area contributed by atoms with Gasteiger partial charge in [0.1, 0.15) is 12.2 Å². The third-order valence-electron chi connectivity index (χ3n) is 3.53. The van der Waals surface area contributed by atoms with Crippen LogP contribution in [0.1, 0.15) is 48.4 Å². The molecule has 0 saturated heterocycles. The van der Waals surface area contributed by atoms with Gasteiger partial charge in [-0.3, -0.25) is 0 Å². The predicted molar refractivity (Wildman–Crippen MR) is 76.9 cm³/mol. The van der Waals surface area contributed by atoms with Crippen LogP contribution in [0.25, 0.3) is 0 Å². The summed E-state index contributed by atoms with van der Waals surface area (Å²) in [6, 6.07) is 7.04. The molecule has 1 N–H and O–H groups in total. The number of hydrogen-bond donors (Lipinski definition) is 1. The molecule has 102 valence electrons. The molecule has 1 heterocycles. The Morgan fingerprint density at radius 3 is 2.47 bits per heavy atom. The first-order valence-corrected chi connectivity index (χ1v) is 6.66. The number of nitrogens with one attached hydrogen (secondary N) is 1. The molecule has 2 unspecified atom stereocenters. The van der Waals surface area contributed by atoms with Crippen molar-refractivity contribution in [3.63, 3.8) is 0 Å². The van der Waals surface area contributed by atoms with Crippen LogP contribution in [0.5, 0.6) is 0 Å². The summed E-state index contributed by atoms with van der Waals surface area (Å²) in [5.74, 6) is 0.955.